The summed E-state index contributed by atoms with van der Waals surface area (Å²) < 4.78 is 19.6. The number of rotatable bonds is 7. The monoisotopic (exact) mass is 557 g/mol. The normalized spacial score (nSPS) is 11.6. The summed E-state index contributed by atoms with van der Waals surface area (Å²) in [5, 5.41) is 15.4. The lowest BCUT2D eigenvalue weighted by Crippen LogP contribution is -2.45. The minimum Gasteiger partial charge on any atom is -0.465 e. The van der Waals surface area contributed by atoms with Gasteiger partial charge in [-0.1, -0.05) is 12.1 Å². The van der Waals surface area contributed by atoms with Gasteiger partial charge in [0, 0.05) is 22.6 Å². The van der Waals surface area contributed by atoms with Crippen LogP contribution in [-0.4, -0.2) is 38.4 Å². The van der Waals surface area contributed by atoms with Crippen LogP contribution in [0.1, 0.15) is 52.7 Å². The molecule has 3 rings (SSSR count). The van der Waals surface area contributed by atoms with Gasteiger partial charge in [-0.2, -0.15) is 4.98 Å². The van der Waals surface area contributed by atoms with E-state index in [2.05, 4.69) is 20.6 Å². The maximum atomic E-state index is 14.2. The standard InChI is InChI=1S/C28H33ClFN5O4/c1-27(2,3)35(26(37)38)20-9-7-8-17(14-20)10-11-18-15-19(32-23-21(30)16-31-24(29)34-23)12-13-22(18)33-25(36)39-28(4,5)6/h7-9,12-16H,10-11H2,1-6H3,(H,33,36)(H,37,38)(H,31,32,34). The maximum absolute atomic E-state index is 14.2. The smallest absolute Gasteiger partial charge is 0.412 e. The van der Waals surface area contributed by atoms with Crippen molar-refractivity contribution in [3.05, 3.63) is 70.9 Å². The third-order valence-electron chi connectivity index (χ3n) is 5.43. The number of anilines is 4. The Morgan fingerprint density at radius 1 is 1.08 bits per heavy atom. The number of nitrogens with zero attached hydrogens (tertiary/aromatic N) is 3. The fraction of sp³-hybridized carbons (Fsp3) is 0.357. The zero-order valence-corrected chi connectivity index (χ0v) is 23.6. The molecule has 0 fully saturated rings. The molecule has 0 saturated heterocycles. The second-order valence-electron chi connectivity index (χ2n) is 10.9. The third-order valence-corrected chi connectivity index (χ3v) is 5.61. The number of ether oxygens (including phenoxy) is 1. The molecule has 0 saturated carbocycles. The Kier molecular flexibility index (Phi) is 9.01. The van der Waals surface area contributed by atoms with Gasteiger partial charge in [-0.05, 0) is 107 Å². The van der Waals surface area contributed by atoms with Crippen molar-refractivity contribution in [2.24, 2.45) is 0 Å². The molecule has 9 nitrogen and oxygen atoms in total. The predicted octanol–water partition coefficient (Wildman–Crippen LogP) is 7.43. The average Bonchev–Trinajstić information content (AvgIpc) is 2.79. The first-order valence-electron chi connectivity index (χ1n) is 12.3. The number of nitrogens with one attached hydrogen (secondary N) is 2. The van der Waals surface area contributed by atoms with E-state index in [0.29, 0.717) is 29.9 Å². The quantitative estimate of drug-likeness (QED) is 0.259. The summed E-state index contributed by atoms with van der Waals surface area (Å²) in [6.07, 6.45) is 0.328. The van der Waals surface area contributed by atoms with Crippen LogP contribution in [0.5, 0.6) is 0 Å². The number of carboxylic acid groups (broad SMARTS) is 1. The van der Waals surface area contributed by atoms with Crippen molar-refractivity contribution in [1.82, 2.24) is 9.97 Å². The highest BCUT2D eigenvalue weighted by Crippen LogP contribution is 2.28. The Morgan fingerprint density at radius 2 is 1.79 bits per heavy atom. The van der Waals surface area contributed by atoms with E-state index in [-0.39, 0.29) is 11.1 Å². The first-order chi connectivity index (χ1) is 18.1. The van der Waals surface area contributed by atoms with Gasteiger partial charge in [0.05, 0.1) is 6.20 Å². The number of carbonyl (C=O) groups excluding carboxylic acids is 1. The van der Waals surface area contributed by atoms with Crippen LogP contribution in [0.4, 0.5) is 36.9 Å². The largest absolute Gasteiger partial charge is 0.465 e. The first-order valence-corrected chi connectivity index (χ1v) is 12.7. The summed E-state index contributed by atoms with van der Waals surface area (Å²) >= 11 is 5.82. The fourth-order valence-corrected chi connectivity index (χ4v) is 4.03. The summed E-state index contributed by atoms with van der Waals surface area (Å²) in [7, 11) is 0. The van der Waals surface area contributed by atoms with E-state index in [4.69, 9.17) is 16.3 Å². The molecule has 208 valence electrons. The Bertz CT molecular complexity index is 1350. The number of hydrogen-bond donors (Lipinski definition) is 3. The fourth-order valence-electron chi connectivity index (χ4n) is 3.90. The Morgan fingerprint density at radius 3 is 2.44 bits per heavy atom. The molecule has 0 bridgehead atoms. The maximum Gasteiger partial charge on any atom is 0.412 e. The van der Waals surface area contributed by atoms with Crippen molar-refractivity contribution in [1.29, 1.82) is 0 Å². The Balaban J connectivity index is 1.90. The minimum absolute atomic E-state index is 0.0857. The lowest BCUT2D eigenvalue weighted by atomic mass is 10.00. The van der Waals surface area contributed by atoms with Crippen LogP contribution in [0.3, 0.4) is 0 Å². The van der Waals surface area contributed by atoms with Crippen LogP contribution in [0, 0.1) is 5.82 Å². The highest BCUT2D eigenvalue weighted by atomic mass is 35.5. The van der Waals surface area contributed by atoms with Crippen LogP contribution in [-0.2, 0) is 17.6 Å². The number of aromatic nitrogens is 2. The summed E-state index contributed by atoms with van der Waals surface area (Å²) in [6.45, 7) is 10.8. The molecule has 11 heteroatoms. The van der Waals surface area contributed by atoms with Crippen molar-refractivity contribution in [3.63, 3.8) is 0 Å². The summed E-state index contributed by atoms with van der Waals surface area (Å²) in [5.74, 6) is -0.756. The molecule has 3 N–H and O–H groups in total. The van der Waals surface area contributed by atoms with Gasteiger partial charge in [0.25, 0.3) is 0 Å². The van der Waals surface area contributed by atoms with Crippen molar-refractivity contribution in [2.75, 3.05) is 15.5 Å². The lowest BCUT2D eigenvalue weighted by molar-refractivity contribution is 0.0635. The van der Waals surface area contributed by atoms with Gasteiger partial charge in [0.2, 0.25) is 5.28 Å². The number of benzene rings is 2. The molecular formula is C28H33ClFN5O4. The van der Waals surface area contributed by atoms with E-state index in [1.807, 2.05) is 39.0 Å². The van der Waals surface area contributed by atoms with E-state index in [0.717, 1.165) is 17.3 Å². The molecule has 1 heterocycles. The van der Waals surface area contributed by atoms with Gasteiger partial charge >= 0.3 is 12.2 Å². The summed E-state index contributed by atoms with van der Waals surface area (Å²) in [5.41, 5.74) is 1.93. The molecule has 3 aromatic rings. The molecule has 0 aliphatic rings. The zero-order valence-electron chi connectivity index (χ0n) is 22.8. The van der Waals surface area contributed by atoms with Crippen molar-refractivity contribution >= 4 is 46.7 Å². The molecule has 0 atom stereocenters. The van der Waals surface area contributed by atoms with E-state index < -0.39 is 29.1 Å². The van der Waals surface area contributed by atoms with Crippen LogP contribution >= 0.6 is 11.6 Å². The molecular weight excluding hydrogens is 525 g/mol. The molecule has 0 aliphatic carbocycles. The predicted molar refractivity (Wildman–Crippen MR) is 151 cm³/mol. The van der Waals surface area contributed by atoms with Crippen LogP contribution in [0.25, 0.3) is 0 Å². The highest BCUT2D eigenvalue weighted by Gasteiger charge is 2.28. The van der Waals surface area contributed by atoms with E-state index >= 15 is 0 Å². The molecule has 1 aromatic heterocycles. The summed E-state index contributed by atoms with van der Waals surface area (Å²) in [4.78, 5) is 33.3. The molecule has 2 amide bonds. The number of halogens is 2. The first kappa shape index (κ1) is 29.6. The molecule has 39 heavy (non-hydrogen) atoms. The lowest BCUT2D eigenvalue weighted by Gasteiger charge is -2.33. The van der Waals surface area contributed by atoms with Crippen molar-refractivity contribution < 1.29 is 23.8 Å². The van der Waals surface area contributed by atoms with Crippen molar-refractivity contribution in [2.45, 2.75) is 65.5 Å². The molecule has 0 radical (unpaired) electrons. The Hall–Kier alpha value is -3.92. The number of amides is 2. The van der Waals surface area contributed by atoms with Gasteiger partial charge in [0.15, 0.2) is 11.6 Å². The SMILES string of the molecule is CC(C)(C)OC(=O)Nc1ccc(Nc2nc(Cl)ncc2F)cc1CCc1cccc(N(C(=O)O)C(C)(C)C)c1. The summed E-state index contributed by atoms with van der Waals surface area (Å²) in [6, 6.07) is 12.4. The number of carbonyl (C=O) groups is 2. The van der Waals surface area contributed by atoms with Gasteiger partial charge < -0.3 is 15.2 Å². The minimum atomic E-state index is -1.04. The van der Waals surface area contributed by atoms with Gasteiger partial charge in [-0.25, -0.2) is 19.0 Å². The topological polar surface area (TPSA) is 117 Å². The highest BCUT2D eigenvalue weighted by molar-refractivity contribution is 6.28. The van der Waals surface area contributed by atoms with Gasteiger partial charge in [-0.3, -0.25) is 10.2 Å². The van der Waals surface area contributed by atoms with E-state index in [9.17, 15) is 19.1 Å². The molecule has 0 spiro atoms. The number of hydrogen-bond acceptors (Lipinski definition) is 6. The van der Waals surface area contributed by atoms with E-state index in [1.54, 1.807) is 45.0 Å². The number of aryl methyl sites for hydroxylation is 2. The van der Waals surface area contributed by atoms with Gasteiger partial charge in [0.1, 0.15) is 5.60 Å². The van der Waals surface area contributed by atoms with Gasteiger partial charge in [-0.15, -0.1) is 0 Å². The van der Waals surface area contributed by atoms with Crippen LogP contribution < -0.4 is 15.5 Å². The van der Waals surface area contributed by atoms with Crippen molar-refractivity contribution in [3.8, 4) is 0 Å². The second-order valence-corrected chi connectivity index (χ2v) is 11.3. The average molecular weight is 558 g/mol. The molecule has 0 unspecified atom stereocenters. The zero-order chi connectivity index (χ0) is 29.0. The van der Waals surface area contributed by atoms with Crippen LogP contribution in [0.2, 0.25) is 5.28 Å². The second kappa shape index (κ2) is 11.9. The van der Waals surface area contributed by atoms with Crippen LogP contribution in [0.15, 0.2) is 48.7 Å². The molecule has 0 aliphatic heterocycles. The Labute approximate surface area is 232 Å². The molecule has 2 aromatic carbocycles. The third kappa shape index (κ3) is 8.54. The van der Waals surface area contributed by atoms with E-state index in [1.165, 1.54) is 4.90 Å².